The second-order valence-corrected chi connectivity index (χ2v) is 0. The van der Waals surface area contributed by atoms with E-state index < -0.39 is 0 Å². The van der Waals surface area contributed by atoms with Gasteiger partial charge in [0.05, 0.1) is 0 Å². The SMILES string of the molecule is [BH2][Mo].[Fe].[Ni]. The summed E-state index contributed by atoms with van der Waals surface area (Å²) in [4.78, 5) is 0. The van der Waals surface area contributed by atoms with Crippen molar-refractivity contribution in [2.75, 3.05) is 0 Å². The van der Waals surface area contributed by atoms with Gasteiger partial charge in [-0.1, -0.05) is 0 Å². The minimum atomic E-state index is 0. The molecule has 0 unspecified atom stereocenters. The van der Waals surface area contributed by atoms with E-state index in [4.69, 9.17) is 0 Å². The van der Waals surface area contributed by atoms with Crippen LogP contribution in [-0.2, 0) is 53.2 Å². The molecule has 0 N–H and O–H groups in total. The third-order valence-corrected chi connectivity index (χ3v) is 0. The van der Waals surface area contributed by atoms with Crippen LogP contribution in [-0.4, -0.2) is 6.11 Å². The summed E-state index contributed by atoms with van der Waals surface area (Å²) in [5.74, 6) is 0. The van der Waals surface area contributed by atoms with Crippen LogP contribution in [0.4, 0.5) is 0 Å². The Bertz CT molecular complexity index is 8.00. The Balaban J connectivity index is -0.00000000500. The first-order chi connectivity index (χ1) is 1.00. The average Bonchev–Trinajstić information content (AvgIpc) is 1.00. The van der Waals surface area contributed by atoms with E-state index in [1.54, 1.807) is 0 Å². The van der Waals surface area contributed by atoms with Crippen molar-refractivity contribution in [2.24, 2.45) is 0 Å². The van der Waals surface area contributed by atoms with Crippen molar-refractivity contribution >= 4 is 6.11 Å². The third kappa shape index (κ3) is 9.24. The second kappa shape index (κ2) is 21.7. The van der Waals surface area contributed by atoms with Crippen LogP contribution in [0.3, 0.4) is 0 Å². The Hall–Kier alpha value is 1.77. The van der Waals surface area contributed by atoms with Crippen LogP contribution < -0.4 is 0 Å². The van der Waals surface area contributed by atoms with Crippen LogP contribution >= 0.6 is 0 Å². The molecule has 0 heterocycles. The van der Waals surface area contributed by atoms with Gasteiger partial charge in [-0.15, -0.1) is 0 Å². The third-order valence-electron chi connectivity index (χ3n) is 0. The first-order valence-corrected chi connectivity index (χ1v) is 2.42. The predicted molar refractivity (Wildman–Crippen MR) is 8.54 cm³/mol. The Morgan fingerprint density at radius 3 is 1.25 bits per heavy atom. The van der Waals surface area contributed by atoms with Crippen LogP contribution in [0.2, 0.25) is 0 Å². The summed E-state index contributed by atoms with van der Waals surface area (Å²) in [5, 5.41) is 0. The van der Waals surface area contributed by atoms with Crippen LogP contribution in [0.15, 0.2) is 0 Å². The molecule has 0 aliphatic heterocycles. The smallest absolute Gasteiger partial charge is 0 e. The summed E-state index contributed by atoms with van der Waals surface area (Å²) in [6, 6.07) is 0. The molecule has 4 heteroatoms. The number of hydrogen-bond donors (Lipinski definition) is 0. The molecule has 4 heavy (non-hydrogen) atoms. The summed E-state index contributed by atoms with van der Waals surface area (Å²) in [7, 11) is 0. The normalized spacial score (nSPS) is 1.00. The zero-order chi connectivity index (χ0) is 2.00. The fourth-order valence-electron chi connectivity index (χ4n) is 0. The van der Waals surface area contributed by atoms with Crippen molar-refractivity contribution in [1.29, 1.82) is 0 Å². The van der Waals surface area contributed by atoms with Crippen LogP contribution in [0, 0.1) is 0 Å². The maximum Gasteiger partial charge on any atom is 0 e. The average molecular weight is 223 g/mol. The molecule has 0 saturated heterocycles. The van der Waals surface area contributed by atoms with Gasteiger partial charge in [-0.05, 0) is 0 Å². The van der Waals surface area contributed by atoms with Crippen LogP contribution in [0.1, 0.15) is 0 Å². The van der Waals surface area contributed by atoms with Gasteiger partial charge in [-0.2, -0.15) is 0 Å². The number of hydrogen-bond acceptors (Lipinski definition) is 0. The van der Waals surface area contributed by atoms with E-state index in [9.17, 15) is 0 Å². The Labute approximate surface area is 59.0 Å². The van der Waals surface area contributed by atoms with E-state index in [0.717, 1.165) is 0 Å². The minimum Gasteiger partial charge on any atom is 0 e. The number of rotatable bonds is 0. The summed E-state index contributed by atoms with van der Waals surface area (Å²) in [6.07, 6.45) is 2.01. The summed E-state index contributed by atoms with van der Waals surface area (Å²) in [5.41, 5.74) is 0. The van der Waals surface area contributed by atoms with Crippen molar-refractivity contribution in [2.45, 2.75) is 0 Å². The second-order valence-electron chi connectivity index (χ2n) is 0. The first kappa shape index (κ1) is 17.1. The maximum atomic E-state index is 2.01. The molecule has 0 aromatic rings. The fourth-order valence-corrected chi connectivity index (χ4v) is 0. The molecule has 0 aliphatic carbocycles. The van der Waals surface area contributed by atoms with Crippen molar-refractivity contribution < 1.29 is 53.2 Å². The molecule has 0 aromatic heterocycles. The fraction of sp³-hybridized carbons (Fsp3) is 0. The maximum absolute atomic E-state index is 2.01. The molecule has 29 valence electrons. The van der Waals surface area contributed by atoms with Crippen molar-refractivity contribution in [1.82, 2.24) is 0 Å². The molecular weight excluding hydrogens is 221 g/mol. The standard InChI is InChI=1S/BH2.Fe.Mo.Ni/h1H2;;;/q+1;;-1;. The minimum absolute atomic E-state index is 0. The first-order valence-electron chi connectivity index (χ1n) is 0.408. The topological polar surface area (TPSA) is 0 Å². The molecule has 0 bridgehead atoms. The zero-order valence-electron chi connectivity index (χ0n) is 2.08. The zero-order valence-corrected chi connectivity index (χ0v) is 6.18. The van der Waals surface area contributed by atoms with Crippen molar-refractivity contribution in [3.63, 3.8) is 0 Å². The van der Waals surface area contributed by atoms with Crippen molar-refractivity contribution in [3.05, 3.63) is 0 Å². The summed E-state index contributed by atoms with van der Waals surface area (Å²) in [6.45, 7) is 0. The van der Waals surface area contributed by atoms with Crippen molar-refractivity contribution in [3.8, 4) is 0 Å². The monoisotopic (exact) mass is 225 g/mol. The van der Waals surface area contributed by atoms with Gasteiger partial charge in [-0.25, -0.2) is 0 Å². The van der Waals surface area contributed by atoms with Crippen LogP contribution in [0.5, 0.6) is 0 Å². The Kier molecular flexibility index (Phi) is 92.7. The Morgan fingerprint density at radius 2 is 1.25 bits per heavy atom. The van der Waals surface area contributed by atoms with E-state index in [0.29, 0.717) is 0 Å². The molecule has 0 amide bonds. The molecule has 0 aromatic carbocycles. The van der Waals surface area contributed by atoms with Gasteiger partial charge in [-0.3, -0.25) is 0 Å². The summed E-state index contributed by atoms with van der Waals surface area (Å²) >= 11 is 1.95. The molecule has 0 radical (unpaired) electrons. The van der Waals surface area contributed by atoms with E-state index in [1.165, 1.54) is 0 Å². The van der Waals surface area contributed by atoms with Gasteiger partial charge in [0.2, 0.25) is 0 Å². The molecule has 0 aliphatic rings. The molecule has 0 rings (SSSR count). The largest absolute Gasteiger partial charge is 0 e. The van der Waals surface area contributed by atoms with Gasteiger partial charge in [0, 0.05) is 33.6 Å². The molecule has 0 fully saturated rings. The van der Waals surface area contributed by atoms with E-state index in [1.807, 2.05) is 25.7 Å². The molecule has 0 spiro atoms. The van der Waals surface area contributed by atoms with Gasteiger partial charge in [0.25, 0.3) is 0 Å². The molecular formula is H2BFeMoNi. The van der Waals surface area contributed by atoms with Gasteiger partial charge < -0.3 is 0 Å². The molecule has 0 nitrogen and oxygen atoms in total. The quantitative estimate of drug-likeness (QED) is 0.466. The molecule has 0 atom stereocenters. The molecule has 0 saturated carbocycles. The van der Waals surface area contributed by atoms with Gasteiger partial charge in [0.1, 0.15) is 0 Å². The van der Waals surface area contributed by atoms with Gasteiger partial charge in [0.15, 0.2) is 0 Å². The Morgan fingerprint density at radius 1 is 1.25 bits per heavy atom. The van der Waals surface area contributed by atoms with E-state index >= 15 is 0 Å². The van der Waals surface area contributed by atoms with Gasteiger partial charge >= 0.3 is 25.7 Å². The van der Waals surface area contributed by atoms with E-state index in [-0.39, 0.29) is 33.6 Å². The summed E-state index contributed by atoms with van der Waals surface area (Å²) < 4.78 is 0. The van der Waals surface area contributed by atoms with Crippen LogP contribution in [0.25, 0.3) is 0 Å². The predicted octanol–water partition coefficient (Wildman–Crippen LogP) is -0.924. The van der Waals surface area contributed by atoms with E-state index in [2.05, 4.69) is 0 Å².